The van der Waals surface area contributed by atoms with E-state index in [4.69, 9.17) is 30.5 Å². The number of hydrogen-bond donors (Lipinski definition) is 2. The maximum atomic E-state index is 13.9. The van der Waals surface area contributed by atoms with Crippen LogP contribution < -0.4 is 14.2 Å². The summed E-state index contributed by atoms with van der Waals surface area (Å²) in [7, 11) is 3.97. The number of fused-ring (bicyclic) bond motifs is 1. The molecule has 0 fully saturated rings. The molecule has 0 aromatic heterocycles. The predicted molar refractivity (Wildman–Crippen MR) is 128 cm³/mol. The molecule has 2 aliphatic rings. The number of phenolic OH excluding ortho intramolecular Hbond substituents is 1. The minimum absolute atomic E-state index is 0.0154. The highest BCUT2D eigenvalue weighted by molar-refractivity contribution is 6.35. The van der Waals surface area contributed by atoms with Crippen LogP contribution in [0.15, 0.2) is 41.7 Å². The van der Waals surface area contributed by atoms with Gasteiger partial charge in [0, 0.05) is 29.9 Å². The van der Waals surface area contributed by atoms with Gasteiger partial charge in [0.05, 0.1) is 27.8 Å². The Morgan fingerprint density at radius 3 is 2.36 bits per heavy atom. The zero-order valence-corrected chi connectivity index (χ0v) is 20.8. The summed E-state index contributed by atoms with van der Waals surface area (Å²) in [6, 6.07) is 7.29. The molecule has 10 heteroatoms. The standard InChI is InChI=1S/C26H25ClO9/c1-12-9-16(29)20(15(10-19(30)35-4)13-5-7-14(28)8-6-13)24(31)26(12)25(32)21-17(33-2)11-18(34-3)22(27)23(21)36-26/h5-8,11-12,15,28,31H,9-10H2,1-4H3/t12-,15+,26+/m1/s1. The number of phenols is 1. The van der Waals surface area contributed by atoms with Gasteiger partial charge in [0.1, 0.15) is 27.8 Å². The van der Waals surface area contributed by atoms with Gasteiger partial charge in [0.15, 0.2) is 17.3 Å². The van der Waals surface area contributed by atoms with Crippen molar-refractivity contribution in [2.24, 2.45) is 5.92 Å². The summed E-state index contributed by atoms with van der Waals surface area (Å²) in [6.07, 6.45) is -0.443. The molecule has 36 heavy (non-hydrogen) atoms. The van der Waals surface area contributed by atoms with E-state index >= 15 is 0 Å². The Hall–Kier alpha value is -3.72. The molecule has 2 aromatic rings. The van der Waals surface area contributed by atoms with Crippen LogP contribution in [0.1, 0.15) is 41.6 Å². The number of carbonyl (C=O) groups excluding carboxylic acids is 3. The summed E-state index contributed by atoms with van der Waals surface area (Å²) in [5.74, 6) is -3.78. The molecule has 2 N–H and O–H groups in total. The van der Waals surface area contributed by atoms with Gasteiger partial charge in [0.2, 0.25) is 11.4 Å². The molecular weight excluding hydrogens is 492 g/mol. The average molecular weight is 517 g/mol. The zero-order chi connectivity index (χ0) is 26.4. The lowest BCUT2D eigenvalue weighted by atomic mass is 9.69. The number of aliphatic hydroxyl groups excluding tert-OH is 1. The number of carbonyl (C=O) groups is 3. The Kier molecular flexibility index (Phi) is 6.62. The van der Waals surface area contributed by atoms with Crippen LogP contribution in [0.5, 0.6) is 23.0 Å². The largest absolute Gasteiger partial charge is 0.508 e. The van der Waals surface area contributed by atoms with E-state index in [9.17, 15) is 24.6 Å². The lowest BCUT2D eigenvalue weighted by molar-refractivity contribution is -0.140. The Bertz CT molecular complexity index is 1280. The number of allylic oxidation sites excluding steroid dienone is 1. The number of benzene rings is 2. The van der Waals surface area contributed by atoms with Gasteiger partial charge in [0.25, 0.3) is 0 Å². The van der Waals surface area contributed by atoms with Gasteiger partial charge in [-0.15, -0.1) is 0 Å². The summed E-state index contributed by atoms with van der Waals surface area (Å²) in [6.45, 7) is 1.61. The predicted octanol–water partition coefficient (Wildman–Crippen LogP) is 4.14. The van der Waals surface area contributed by atoms with Gasteiger partial charge in [-0.1, -0.05) is 30.7 Å². The van der Waals surface area contributed by atoms with Crippen LogP contribution in [0.25, 0.3) is 0 Å². The van der Waals surface area contributed by atoms with E-state index < -0.39 is 40.7 Å². The Balaban J connectivity index is 1.95. The van der Waals surface area contributed by atoms with Crippen molar-refractivity contribution < 1.29 is 43.5 Å². The molecule has 2 aromatic carbocycles. The van der Waals surface area contributed by atoms with Gasteiger partial charge in [-0.25, -0.2) is 0 Å². The monoisotopic (exact) mass is 516 g/mol. The SMILES string of the molecule is COC(=O)C[C@H](C1=C(O)[C@@]2(Oc3c(Cl)c(OC)cc(OC)c3C2=O)[C@H](C)CC1=O)c1ccc(O)cc1. The summed E-state index contributed by atoms with van der Waals surface area (Å²) >= 11 is 6.47. The van der Waals surface area contributed by atoms with E-state index in [-0.39, 0.29) is 52.0 Å². The first-order valence-corrected chi connectivity index (χ1v) is 11.5. The number of hydrogen-bond acceptors (Lipinski definition) is 9. The fraction of sp³-hybridized carbons (Fsp3) is 0.346. The molecular formula is C26H25ClO9. The van der Waals surface area contributed by atoms with Gasteiger partial charge in [-0.2, -0.15) is 0 Å². The number of aliphatic hydroxyl groups is 1. The Morgan fingerprint density at radius 1 is 1.14 bits per heavy atom. The maximum absolute atomic E-state index is 13.9. The first kappa shape index (κ1) is 25.4. The number of esters is 1. The third-order valence-corrected chi connectivity index (χ3v) is 7.11. The molecule has 0 amide bonds. The molecule has 4 rings (SSSR count). The number of halogens is 1. The normalized spacial score (nSPS) is 21.8. The van der Waals surface area contributed by atoms with E-state index in [0.29, 0.717) is 5.56 Å². The first-order chi connectivity index (χ1) is 17.1. The van der Waals surface area contributed by atoms with Crippen LogP contribution in [-0.4, -0.2) is 54.7 Å². The molecule has 3 atom stereocenters. The summed E-state index contributed by atoms with van der Waals surface area (Å²) in [4.78, 5) is 39.5. The minimum atomic E-state index is -1.97. The van der Waals surface area contributed by atoms with Crippen molar-refractivity contribution in [1.82, 2.24) is 0 Å². The van der Waals surface area contributed by atoms with E-state index in [2.05, 4.69) is 0 Å². The third-order valence-electron chi connectivity index (χ3n) is 6.75. The van der Waals surface area contributed by atoms with Crippen LogP contribution >= 0.6 is 11.6 Å². The number of methoxy groups -OCH3 is 3. The highest BCUT2D eigenvalue weighted by atomic mass is 35.5. The lowest BCUT2D eigenvalue weighted by Gasteiger charge is -2.38. The highest BCUT2D eigenvalue weighted by Gasteiger charge is 2.61. The molecule has 0 bridgehead atoms. The van der Waals surface area contributed by atoms with E-state index in [1.807, 2.05) is 0 Å². The van der Waals surface area contributed by atoms with Gasteiger partial charge in [-0.05, 0) is 17.7 Å². The molecule has 0 saturated heterocycles. The molecule has 1 aliphatic heterocycles. The van der Waals surface area contributed by atoms with E-state index in [1.165, 1.54) is 51.7 Å². The van der Waals surface area contributed by atoms with Crippen molar-refractivity contribution in [2.75, 3.05) is 21.3 Å². The molecule has 0 radical (unpaired) electrons. The van der Waals surface area contributed by atoms with Gasteiger partial charge in [-0.3, -0.25) is 14.4 Å². The van der Waals surface area contributed by atoms with Crippen molar-refractivity contribution in [2.45, 2.75) is 31.3 Å². The molecule has 190 valence electrons. The highest BCUT2D eigenvalue weighted by Crippen LogP contribution is 2.55. The fourth-order valence-electron chi connectivity index (χ4n) is 4.88. The Labute approximate surface area is 212 Å². The van der Waals surface area contributed by atoms with Gasteiger partial charge < -0.3 is 29.2 Å². The molecule has 0 saturated carbocycles. The van der Waals surface area contributed by atoms with Gasteiger partial charge >= 0.3 is 5.97 Å². The first-order valence-electron chi connectivity index (χ1n) is 11.1. The van der Waals surface area contributed by atoms with Crippen molar-refractivity contribution in [3.05, 3.63) is 57.8 Å². The second-order valence-electron chi connectivity index (χ2n) is 8.68. The Morgan fingerprint density at radius 2 is 1.78 bits per heavy atom. The number of ether oxygens (including phenoxy) is 4. The fourth-order valence-corrected chi connectivity index (χ4v) is 5.15. The van der Waals surface area contributed by atoms with Crippen LogP contribution in [0.4, 0.5) is 0 Å². The summed E-state index contributed by atoms with van der Waals surface area (Å²) in [5.41, 5.74) is -1.64. The van der Waals surface area contributed by atoms with Crippen LogP contribution in [0, 0.1) is 5.92 Å². The number of Topliss-reactive ketones (excluding diaryl/α,β-unsaturated/α-hetero) is 2. The van der Waals surface area contributed by atoms with E-state index in [1.54, 1.807) is 6.92 Å². The number of rotatable bonds is 6. The lowest BCUT2D eigenvalue weighted by Crippen LogP contribution is -2.53. The third kappa shape index (κ3) is 3.74. The molecule has 0 unspecified atom stereocenters. The van der Waals surface area contributed by atoms with Crippen molar-refractivity contribution in [3.63, 3.8) is 0 Å². The average Bonchev–Trinajstić information content (AvgIpc) is 3.18. The summed E-state index contributed by atoms with van der Waals surface area (Å²) < 4.78 is 21.6. The zero-order valence-electron chi connectivity index (χ0n) is 20.1. The number of aromatic hydroxyl groups is 1. The van der Waals surface area contributed by atoms with Crippen LogP contribution in [-0.2, 0) is 14.3 Å². The molecule has 9 nitrogen and oxygen atoms in total. The maximum Gasteiger partial charge on any atom is 0.306 e. The quantitative estimate of drug-likeness (QED) is 0.544. The second kappa shape index (κ2) is 9.39. The molecule has 1 heterocycles. The molecule has 1 aliphatic carbocycles. The minimum Gasteiger partial charge on any atom is -0.508 e. The van der Waals surface area contributed by atoms with Crippen molar-refractivity contribution in [3.8, 4) is 23.0 Å². The van der Waals surface area contributed by atoms with Crippen LogP contribution in [0.3, 0.4) is 0 Å². The van der Waals surface area contributed by atoms with E-state index in [0.717, 1.165) is 0 Å². The topological polar surface area (TPSA) is 129 Å². The number of ketones is 2. The summed E-state index contributed by atoms with van der Waals surface area (Å²) in [5, 5.41) is 21.4. The smallest absolute Gasteiger partial charge is 0.306 e. The van der Waals surface area contributed by atoms with Crippen molar-refractivity contribution in [1.29, 1.82) is 0 Å². The molecule has 1 spiro atoms. The van der Waals surface area contributed by atoms with Crippen LogP contribution in [0.2, 0.25) is 5.02 Å². The van der Waals surface area contributed by atoms with Crippen molar-refractivity contribution >= 4 is 29.1 Å². The second-order valence-corrected chi connectivity index (χ2v) is 9.06.